The Kier molecular flexibility index (Phi) is 10.6. The minimum Gasteiger partial charge on any atom is -0.446 e. The van der Waals surface area contributed by atoms with Crippen molar-refractivity contribution in [1.29, 1.82) is 0 Å². The number of thiazole rings is 1. The van der Waals surface area contributed by atoms with Gasteiger partial charge in [-0.3, -0.25) is 23.9 Å². The van der Waals surface area contributed by atoms with Crippen LogP contribution in [0.5, 0.6) is 0 Å². The smallest absolute Gasteiger partial charge is 0.294 e. The molecule has 5 rings (SSSR count). The van der Waals surface area contributed by atoms with Crippen molar-refractivity contribution < 1.29 is 14.3 Å². The minimum absolute atomic E-state index is 0.242. The lowest BCUT2D eigenvalue weighted by atomic mass is 10.0. The molecule has 0 spiro atoms. The number of nitrogens with zero attached hydrogens (tertiary/aromatic N) is 3. The number of benzene rings is 2. The van der Waals surface area contributed by atoms with Gasteiger partial charge in [-0.1, -0.05) is 80.5 Å². The summed E-state index contributed by atoms with van der Waals surface area (Å²) in [6.07, 6.45) is 10.7. The second-order valence-corrected chi connectivity index (χ2v) is 13.6. The Labute approximate surface area is 271 Å². The zero-order valence-corrected chi connectivity index (χ0v) is 27.8. The molecule has 3 aromatic rings. The molecular weight excluding hydrogens is 611 g/mol. The number of hydrogen-bond acceptors (Lipinski definition) is 8. The third-order valence-corrected chi connectivity index (χ3v) is 10.6. The highest BCUT2D eigenvalue weighted by atomic mass is 32.2. The number of ether oxygens (including phenoxy) is 1. The number of thiocarbonyl (C=S) groups is 1. The van der Waals surface area contributed by atoms with Crippen LogP contribution in [0.25, 0.3) is 17.1 Å². The van der Waals surface area contributed by atoms with Crippen LogP contribution < -0.4 is 19.7 Å². The molecule has 230 valence electrons. The van der Waals surface area contributed by atoms with Crippen molar-refractivity contribution in [1.82, 2.24) is 9.47 Å². The number of aryl methyl sites for hydroxylation is 2. The molecule has 10 heteroatoms. The summed E-state index contributed by atoms with van der Waals surface area (Å²) in [6.45, 7) is 7.51. The van der Waals surface area contributed by atoms with Crippen molar-refractivity contribution in [2.45, 2.75) is 66.0 Å². The number of hydrogen-bond donors (Lipinski definition) is 0. The maximum Gasteiger partial charge on any atom is 0.294 e. The van der Waals surface area contributed by atoms with Gasteiger partial charge in [0.25, 0.3) is 17.9 Å². The Morgan fingerprint density at radius 1 is 1.00 bits per heavy atom. The van der Waals surface area contributed by atoms with Crippen molar-refractivity contribution in [3.8, 4) is 0 Å². The van der Waals surface area contributed by atoms with Crippen molar-refractivity contribution in [3.05, 3.63) is 84.3 Å². The third-order valence-electron chi connectivity index (χ3n) is 7.87. The molecular formula is C34H37N3O4S3. The third kappa shape index (κ3) is 6.77. The number of fused-ring (bicyclic) bond motifs is 2. The van der Waals surface area contributed by atoms with Gasteiger partial charge in [0.1, 0.15) is 13.9 Å². The van der Waals surface area contributed by atoms with Gasteiger partial charge in [0, 0.05) is 24.5 Å². The zero-order valence-electron chi connectivity index (χ0n) is 25.3. The molecule has 7 nitrogen and oxygen atoms in total. The molecule has 44 heavy (non-hydrogen) atoms. The molecule has 1 fully saturated rings. The molecule has 0 atom stereocenters. The fourth-order valence-corrected chi connectivity index (χ4v) is 8.38. The Balaban J connectivity index is 1.50. The Morgan fingerprint density at radius 2 is 1.77 bits per heavy atom. The SMILES string of the molecule is CCCCCCN1c2ccccc2CCc2cc(/C=C(C)/C=c3/s/c(=C4/SC(=S)N(CC)C4=O)n(COC=O)c3=O)ccc21. The summed E-state index contributed by atoms with van der Waals surface area (Å²) in [6, 6.07) is 15.4. The fraction of sp³-hybridized carbons (Fsp3) is 0.353. The molecule has 3 heterocycles. The molecule has 0 saturated carbocycles. The van der Waals surface area contributed by atoms with E-state index in [-0.39, 0.29) is 18.2 Å². The monoisotopic (exact) mass is 647 g/mol. The van der Waals surface area contributed by atoms with Gasteiger partial charge in [-0.05, 0) is 79.6 Å². The summed E-state index contributed by atoms with van der Waals surface area (Å²) >= 11 is 7.75. The van der Waals surface area contributed by atoms with E-state index in [1.807, 2.05) is 19.9 Å². The van der Waals surface area contributed by atoms with Crippen LogP contribution in [0.3, 0.4) is 0 Å². The second kappa shape index (κ2) is 14.5. The van der Waals surface area contributed by atoms with Gasteiger partial charge in [-0.2, -0.15) is 0 Å². The molecule has 0 bridgehead atoms. The van der Waals surface area contributed by atoms with Gasteiger partial charge in [0.05, 0.1) is 4.53 Å². The standard InChI is InChI=1S/C34H37N3O4S3/c1-4-6-7-10-17-36-27-12-9-8-11-25(27)14-15-26-20-24(13-16-28(26)36)18-23(3)19-29-31(39)37(21-41-22-38)33(43-29)30-32(40)35(5-2)34(42)44-30/h8-9,11-13,16,18-20,22H,4-7,10,14-15,17,21H2,1-3H3/b23-18+,29-19+,33-30+. The topological polar surface area (TPSA) is 71.8 Å². The summed E-state index contributed by atoms with van der Waals surface area (Å²) < 4.78 is 7.60. The highest BCUT2D eigenvalue weighted by Crippen LogP contribution is 2.37. The van der Waals surface area contributed by atoms with E-state index < -0.39 is 0 Å². The lowest BCUT2D eigenvalue weighted by Gasteiger charge is -2.27. The number of amides is 1. The summed E-state index contributed by atoms with van der Waals surface area (Å²) in [7, 11) is 0. The van der Waals surface area contributed by atoms with Crippen LogP contribution in [0, 0.1) is 0 Å². The molecule has 1 amide bonds. The van der Waals surface area contributed by atoms with Gasteiger partial charge in [0.15, 0.2) is 6.73 Å². The van der Waals surface area contributed by atoms with E-state index in [1.165, 1.54) is 74.3 Å². The van der Waals surface area contributed by atoms with Crippen LogP contribution in [0.2, 0.25) is 0 Å². The normalized spacial score (nSPS) is 16.7. The number of aromatic nitrogens is 1. The molecule has 2 aliphatic heterocycles. The summed E-state index contributed by atoms with van der Waals surface area (Å²) in [5.74, 6) is -0.242. The summed E-state index contributed by atoms with van der Waals surface area (Å²) in [5.41, 5.74) is 6.90. The largest absolute Gasteiger partial charge is 0.446 e. The van der Waals surface area contributed by atoms with Gasteiger partial charge < -0.3 is 9.64 Å². The first-order chi connectivity index (χ1) is 21.4. The molecule has 0 radical (unpaired) electrons. The van der Waals surface area contributed by atoms with Crippen LogP contribution >= 0.6 is 35.3 Å². The zero-order chi connectivity index (χ0) is 31.2. The summed E-state index contributed by atoms with van der Waals surface area (Å²) in [4.78, 5) is 41.7. The Bertz CT molecular complexity index is 1790. The molecule has 1 aromatic heterocycles. The highest BCUT2D eigenvalue weighted by molar-refractivity contribution is 8.30. The predicted octanol–water partition coefficient (Wildman–Crippen LogP) is 5.73. The van der Waals surface area contributed by atoms with Crippen LogP contribution in [0.4, 0.5) is 11.4 Å². The van der Waals surface area contributed by atoms with E-state index in [0.29, 0.717) is 31.4 Å². The van der Waals surface area contributed by atoms with Crippen LogP contribution in [-0.2, 0) is 33.9 Å². The van der Waals surface area contributed by atoms with Gasteiger partial charge >= 0.3 is 0 Å². The Hall–Kier alpha value is -3.47. The van der Waals surface area contributed by atoms with Crippen LogP contribution in [-0.4, -0.2) is 39.3 Å². The van der Waals surface area contributed by atoms with Gasteiger partial charge in [-0.15, -0.1) is 11.3 Å². The molecule has 0 N–H and O–H groups in total. The molecule has 0 unspecified atom stereocenters. The van der Waals surface area contributed by atoms with E-state index >= 15 is 0 Å². The lowest BCUT2D eigenvalue weighted by Crippen LogP contribution is -2.34. The number of thioether (sulfide) groups is 1. The molecule has 0 aliphatic carbocycles. The number of carbonyl (C=O) groups is 2. The van der Waals surface area contributed by atoms with Gasteiger partial charge in [0.2, 0.25) is 0 Å². The average Bonchev–Trinajstić information content (AvgIpc) is 3.41. The molecule has 1 saturated heterocycles. The Morgan fingerprint density at radius 3 is 2.52 bits per heavy atom. The van der Waals surface area contributed by atoms with Crippen molar-refractivity contribution in [2.24, 2.45) is 0 Å². The first kappa shape index (κ1) is 31.9. The van der Waals surface area contributed by atoms with E-state index in [0.717, 1.165) is 36.9 Å². The number of unbranched alkanes of at least 4 members (excludes halogenated alkanes) is 3. The first-order valence-corrected chi connectivity index (χ1v) is 17.1. The number of anilines is 2. The number of carbonyl (C=O) groups excluding carboxylic acids is 2. The van der Waals surface area contributed by atoms with Crippen molar-refractivity contribution >= 4 is 80.4 Å². The van der Waals surface area contributed by atoms with Crippen LogP contribution in [0.1, 0.15) is 63.1 Å². The second-order valence-electron chi connectivity index (χ2n) is 10.9. The van der Waals surface area contributed by atoms with Crippen molar-refractivity contribution in [2.75, 3.05) is 18.0 Å². The molecule has 2 aromatic carbocycles. The summed E-state index contributed by atoms with van der Waals surface area (Å²) in [5, 5.41) is 0. The van der Waals surface area contributed by atoms with Crippen LogP contribution in [0.15, 0.2) is 52.8 Å². The van der Waals surface area contributed by atoms with E-state index in [4.69, 9.17) is 17.0 Å². The average molecular weight is 648 g/mol. The maximum absolute atomic E-state index is 13.4. The number of allylic oxidation sites excluding steroid dienone is 1. The van der Waals surface area contributed by atoms with E-state index in [1.54, 1.807) is 0 Å². The predicted molar refractivity (Wildman–Crippen MR) is 186 cm³/mol. The first-order valence-electron chi connectivity index (χ1n) is 15.1. The minimum atomic E-state index is -0.320. The number of para-hydroxylation sites is 1. The maximum atomic E-state index is 13.4. The van der Waals surface area contributed by atoms with E-state index in [9.17, 15) is 14.4 Å². The van der Waals surface area contributed by atoms with E-state index in [2.05, 4.69) is 60.4 Å². The fourth-order valence-electron chi connectivity index (χ4n) is 5.70. The quantitative estimate of drug-likeness (QED) is 0.150. The molecule has 2 aliphatic rings. The van der Waals surface area contributed by atoms with Gasteiger partial charge in [-0.25, -0.2) is 0 Å². The van der Waals surface area contributed by atoms with Crippen molar-refractivity contribution in [3.63, 3.8) is 0 Å². The highest BCUT2D eigenvalue weighted by Gasteiger charge is 2.33. The lowest BCUT2D eigenvalue weighted by molar-refractivity contribution is -0.132. The number of rotatable bonds is 11.